The van der Waals surface area contributed by atoms with E-state index in [0.29, 0.717) is 0 Å². The molecule has 1 rings (SSSR count). The third-order valence-corrected chi connectivity index (χ3v) is 2.09. The van der Waals surface area contributed by atoms with Crippen molar-refractivity contribution in [3.05, 3.63) is 0 Å². The summed E-state index contributed by atoms with van der Waals surface area (Å²) in [5.74, 6) is 0. The molecule has 0 amide bonds. The summed E-state index contributed by atoms with van der Waals surface area (Å²) in [6.45, 7) is 0. The standard InChI is InChI=1S/C5H8Cl2/c6-5(7)3-1-2-4-5/h1-4H2. The fourth-order valence-electron chi connectivity index (χ4n) is 0.892. The zero-order chi connectivity index (χ0) is 5.33. The summed E-state index contributed by atoms with van der Waals surface area (Å²) in [7, 11) is 0. The van der Waals surface area contributed by atoms with Crippen molar-refractivity contribution in [1.82, 2.24) is 0 Å². The fraction of sp³-hybridized carbons (Fsp3) is 1.00. The van der Waals surface area contributed by atoms with Crippen molar-refractivity contribution in [2.45, 2.75) is 30.0 Å². The molecule has 0 unspecified atom stereocenters. The molecule has 0 spiro atoms. The maximum Gasteiger partial charge on any atom is 0.118 e. The van der Waals surface area contributed by atoms with Crippen molar-refractivity contribution in [3.8, 4) is 0 Å². The predicted molar refractivity (Wildman–Crippen MR) is 32.9 cm³/mol. The highest BCUT2D eigenvalue weighted by Crippen LogP contribution is 2.38. The predicted octanol–water partition coefficient (Wildman–Crippen LogP) is 2.73. The maximum absolute atomic E-state index is 5.73. The summed E-state index contributed by atoms with van der Waals surface area (Å²) in [6, 6.07) is 0. The second-order valence-electron chi connectivity index (χ2n) is 2.06. The SMILES string of the molecule is ClC1(Cl)CCCC1. The van der Waals surface area contributed by atoms with Crippen molar-refractivity contribution >= 4 is 23.2 Å². The monoisotopic (exact) mass is 138 g/mol. The Morgan fingerprint density at radius 3 is 1.57 bits per heavy atom. The van der Waals surface area contributed by atoms with Gasteiger partial charge in [0.05, 0.1) is 0 Å². The molecule has 2 heteroatoms. The van der Waals surface area contributed by atoms with Crippen LogP contribution in [-0.2, 0) is 0 Å². The van der Waals surface area contributed by atoms with Gasteiger partial charge in [0.2, 0.25) is 0 Å². The molecule has 0 atom stereocenters. The molecular formula is C5H8Cl2. The first kappa shape index (κ1) is 5.71. The van der Waals surface area contributed by atoms with Gasteiger partial charge in [0.15, 0.2) is 0 Å². The van der Waals surface area contributed by atoms with Gasteiger partial charge in [-0.1, -0.05) is 12.8 Å². The van der Waals surface area contributed by atoms with Crippen LogP contribution in [0.2, 0.25) is 0 Å². The summed E-state index contributed by atoms with van der Waals surface area (Å²) in [4.78, 5) is 0. The lowest BCUT2D eigenvalue weighted by Gasteiger charge is -2.06. The first-order chi connectivity index (χ1) is 3.21. The molecule has 0 nitrogen and oxygen atoms in total. The lowest BCUT2D eigenvalue weighted by Crippen LogP contribution is -2.02. The molecule has 0 aromatic carbocycles. The third-order valence-electron chi connectivity index (χ3n) is 1.34. The Kier molecular flexibility index (Phi) is 1.49. The van der Waals surface area contributed by atoms with Gasteiger partial charge < -0.3 is 0 Å². The van der Waals surface area contributed by atoms with Gasteiger partial charge in [-0.05, 0) is 12.8 Å². The molecule has 0 saturated heterocycles. The van der Waals surface area contributed by atoms with Crippen LogP contribution in [0.25, 0.3) is 0 Å². The fourth-order valence-corrected chi connectivity index (χ4v) is 1.43. The topological polar surface area (TPSA) is 0 Å². The van der Waals surface area contributed by atoms with Crippen molar-refractivity contribution < 1.29 is 0 Å². The molecule has 0 aliphatic heterocycles. The zero-order valence-electron chi connectivity index (χ0n) is 4.08. The largest absolute Gasteiger partial charge is 0.118 e. The van der Waals surface area contributed by atoms with Crippen molar-refractivity contribution in [3.63, 3.8) is 0 Å². The van der Waals surface area contributed by atoms with E-state index in [4.69, 9.17) is 23.2 Å². The summed E-state index contributed by atoms with van der Waals surface area (Å²) >= 11 is 11.5. The van der Waals surface area contributed by atoms with Crippen molar-refractivity contribution in [2.24, 2.45) is 0 Å². The molecule has 0 aromatic rings. The van der Waals surface area contributed by atoms with Crippen LogP contribution in [0.4, 0.5) is 0 Å². The highest BCUT2D eigenvalue weighted by atomic mass is 35.5. The molecule has 0 heterocycles. The normalized spacial score (nSPS) is 28.3. The summed E-state index contributed by atoms with van der Waals surface area (Å²) in [6.07, 6.45) is 4.37. The summed E-state index contributed by atoms with van der Waals surface area (Å²) in [5.41, 5.74) is 0. The number of alkyl halides is 2. The maximum atomic E-state index is 5.73. The smallest absolute Gasteiger partial charge is 0.102 e. The second kappa shape index (κ2) is 1.83. The number of hydrogen-bond donors (Lipinski definition) is 0. The Morgan fingerprint density at radius 1 is 1.00 bits per heavy atom. The van der Waals surface area contributed by atoms with Gasteiger partial charge >= 0.3 is 0 Å². The van der Waals surface area contributed by atoms with Gasteiger partial charge in [0, 0.05) is 0 Å². The number of halogens is 2. The van der Waals surface area contributed by atoms with Gasteiger partial charge in [-0.2, -0.15) is 0 Å². The summed E-state index contributed by atoms with van der Waals surface area (Å²) in [5, 5.41) is 0. The van der Waals surface area contributed by atoms with Gasteiger partial charge in [0.25, 0.3) is 0 Å². The highest BCUT2D eigenvalue weighted by molar-refractivity contribution is 6.48. The third kappa shape index (κ3) is 1.50. The molecule has 7 heavy (non-hydrogen) atoms. The first-order valence-electron chi connectivity index (χ1n) is 2.59. The molecule has 0 radical (unpaired) electrons. The molecular weight excluding hydrogens is 131 g/mol. The summed E-state index contributed by atoms with van der Waals surface area (Å²) < 4.78 is -0.361. The molecule has 1 aliphatic carbocycles. The van der Waals surface area contributed by atoms with Crippen LogP contribution in [0.1, 0.15) is 25.7 Å². The molecule has 0 N–H and O–H groups in total. The Bertz CT molecular complexity index is 60.5. The van der Waals surface area contributed by atoms with E-state index in [1.807, 2.05) is 0 Å². The van der Waals surface area contributed by atoms with E-state index in [-0.39, 0.29) is 4.33 Å². The minimum Gasteiger partial charge on any atom is -0.102 e. The van der Waals surface area contributed by atoms with E-state index in [1.165, 1.54) is 12.8 Å². The van der Waals surface area contributed by atoms with Crippen LogP contribution in [0.5, 0.6) is 0 Å². The van der Waals surface area contributed by atoms with Gasteiger partial charge in [0.1, 0.15) is 4.33 Å². The van der Waals surface area contributed by atoms with Crippen LogP contribution in [0.3, 0.4) is 0 Å². The zero-order valence-corrected chi connectivity index (χ0v) is 5.60. The van der Waals surface area contributed by atoms with Crippen LogP contribution >= 0.6 is 23.2 Å². The Balaban J connectivity index is 2.40. The van der Waals surface area contributed by atoms with Crippen molar-refractivity contribution in [2.75, 3.05) is 0 Å². The quantitative estimate of drug-likeness (QED) is 0.452. The Hall–Kier alpha value is 0.580. The molecule has 1 aliphatic rings. The minimum absolute atomic E-state index is 0.361. The van der Waals surface area contributed by atoms with E-state index in [2.05, 4.69) is 0 Å². The second-order valence-corrected chi connectivity index (χ2v) is 3.70. The molecule has 42 valence electrons. The highest BCUT2D eigenvalue weighted by Gasteiger charge is 2.27. The molecule has 1 fully saturated rings. The van der Waals surface area contributed by atoms with E-state index in [1.54, 1.807) is 0 Å². The first-order valence-corrected chi connectivity index (χ1v) is 3.34. The average Bonchev–Trinajstić information content (AvgIpc) is 1.84. The van der Waals surface area contributed by atoms with E-state index in [9.17, 15) is 0 Å². The number of rotatable bonds is 0. The average molecular weight is 139 g/mol. The Labute approximate surface area is 53.8 Å². The lowest BCUT2D eigenvalue weighted by atomic mass is 10.4. The Morgan fingerprint density at radius 2 is 1.43 bits per heavy atom. The van der Waals surface area contributed by atoms with E-state index in [0.717, 1.165) is 12.8 Å². The van der Waals surface area contributed by atoms with Crippen molar-refractivity contribution in [1.29, 1.82) is 0 Å². The molecule has 1 saturated carbocycles. The van der Waals surface area contributed by atoms with Crippen LogP contribution < -0.4 is 0 Å². The minimum atomic E-state index is -0.361. The van der Waals surface area contributed by atoms with Gasteiger partial charge in [-0.15, -0.1) is 23.2 Å². The van der Waals surface area contributed by atoms with Gasteiger partial charge in [-0.25, -0.2) is 0 Å². The van der Waals surface area contributed by atoms with Crippen LogP contribution in [0, 0.1) is 0 Å². The number of hydrogen-bond acceptors (Lipinski definition) is 0. The van der Waals surface area contributed by atoms with Gasteiger partial charge in [-0.3, -0.25) is 0 Å². The van der Waals surface area contributed by atoms with Crippen LogP contribution in [0.15, 0.2) is 0 Å². The van der Waals surface area contributed by atoms with E-state index >= 15 is 0 Å². The molecule has 0 bridgehead atoms. The van der Waals surface area contributed by atoms with Crippen LogP contribution in [-0.4, -0.2) is 4.33 Å². The lowest BCUT2D eigenvalue weighted by molar-refractivity contribution is 0.816. The molecule has 0 aromatic heterocycles. The van der Waals surface area contributed by atoms with E-state index < -0.39 is 0 Å².